The van der Waals surface area contributed by atoms with Crippen LogP contribution in [0, 0.1) is 0 Å². The number of nitrogens with two attached hydrogens (primary N) is 1. The van der Waals surface area contributed by atoms with Crippen molar-refractivity contribution in [2.45, 2.75) is 11.4 Å². The van der Waals surface area contributed by atoms with Crippen LogP contribution in [-0.2, 0) is 14.4 Å². The second-order valence-electron chi connectivity index (χ2n) is 6.61. The molecule has 0 aromatic carbocycles. The van der Waals surface area contributed by atoms with E-state index in [-0.39, 0.29) is 32.4 Å². The minimum atomic E-state index is -1.34. The van der Waals surface area contributed by atoms with Crippen LogP contribution in [0.3, 0.4) is 0 Å². The molecule has 6 N–H and O–H groups in total. The predicted molar refractivity (Wildman–Crippen MR) is 118 cm³/mol. The second kappa shape index (κ2) is 8.76. The zero-order valence-electron chi connectivity index (χ0n) is 16.1. The number of oxime groups is 1. The SMILES string of the molecule is Nc1nc(/C(=N/O)C(=O)N[C@@H]2C(=O)N3C(C(=O)O)=C(/C=C/c4cc(=O)[nH]o4)CS[C@H]23)c(Cl)s1. The fourth-order valence-corrected chi connectivity index (χ4v) is 5.45. The molecule has 1 fully saturated rings. The standard InChI is InChI=1S/C17H13ClN6O7S2/c18-12-8(21-17(19)33-12)9(22-30)13(26)20-10-14(27)24-11(16(28)29)5(4-32-15(10)24)1-2-6-3-7(25)23-31-6/h1-3,10,15,30H,4H2,(H2,19,21)(H,20,26)(H,23,25)(H,28,29)/b2-1+,22-9-/t10-,15-/m1/s1. The van der Waals surface area contributed by atoms with Gasteiger partial charge in [-0.2, -0.15) is 5.16 Å². The van der Waals surface area contributed by atoms with Crippen LogP contribution in [0.1, 0.15) is 11.5 Å². The number of nitrogen functional groups attached to an aromatic ring is 1. The number of carboxylic acid groups (broad SMARTS) is 1. The molecule has 0 unspecified atom stereocenters. The van der Waals surface area contributed by atoms with Crippen LogP contribution < -0.4 is 16.6 Å². The molecule has 16 heteroatoms. The van der Waals surface area contributed by atoms with Crippen molar-refractivity contribution in [1.29, 1.82) is 0 Å². The molecule has 172 valence electrons. The lowest BCUT2D eigenvalue weighted by atomic mass is 10.0. The molecule has 4 rings (SSSR count). The molecule has 2 atom stereocenters. The van der Waals surface area contributed by atoms with Crippen molar-refractivity contribution in [1.82, 2.24) is 20.4 Å². The lowest BCUT2D eigenvalue weighted by Crippen LogP contribution is -2.71. The van der Waals surface area contributed by atoms with Crippen molar-refractivity contribution in [3.63, 3.8) is 0 Å². The topological polar surface area (TPSA) is 204 Å². The highest BCUT2D eigenvalue weighted by Crippen LogP contribution is 2.41. The number of halogens is 1. The number of nitrogens with one attached hydrogen (secondary N) is 2. The van der Waals surface area contributed by atoms with E-state index in [0.717, 1.165) is 16.2 Å². The number of H-pyrrole nitrogens is 1. The minimum Gasteiger partial charge on any atom is -0.477 e. The molecule has 0 radical (unpaired) electrons. The number of thioether (sulfide) groups is 1. The lowest BCUT2D eigenvalue weighted by molar-refractivity contribution is -0.150. The van der Waals surface area contributed by atoms with Gasteiger partial charge >= 0.3 is 5.97 Å². The van der Waals surface area contributed by atoms with Crippen molar-refractivity contribution >= 4 is 69.4 Å². The first-order valence-electron chi connectivity index (χ1n) is 8.94. The summed E-state index contributed by atoms with van der Waals surface area (Å²) in [6, 6.07) is 0.107. The van der Waals surface area contributed by atoms with E-state index in [9.17, 15) is 29.5 Å². The van der Waals surface area contributed by atoms with Gasteiger partial charge in [0.1, 0.15) is 27.1 Å². The van der Waals surface area contributed by atoms with Crippen LogP contribution in [0.4, 0.5) is 5.13 Å². The number of aromatic amines is 1. The molecule has 2 aliphatic heterocycles. The largest absolute Gasteiger partial charge is 0.477 e. The summed E-state index contributed by atoms with van der Waals surface area (Å²) in [7, 11) is 0. The summed E-state index contributed by atoms with van der Waals surface area (Å²) in [4.78, 5) is 53.3. The summed E-state index contributed by atoms with van der Waals surface area (Å²) in [6.45, 7) is 0. The Morgan fingerprint density at radius 1 is 1.42 bits per heavy atom. The van der Waals surface area contributed by atoms with Crippen molar-refractivity contribution in [3.05, 3.63) is 49.6 Å². The van der Waals surface area contributed by atoms with Gasteiger partial charge in [0.05, 0.1) is 6.07 Å². The Hall–Kier alpha value is -3.56. The zero-order valence-corrected chi connectivity index (χ0v) is 18.5. The predicted octanol–water partition coefficient (Wildman–Crippen LogP) is 0.290. The smallest absolute Gasteiger partial charge is 0.352 e. The maximum absolute atomic E-state index is 12.7. The van der Waals surface area contributed by atoms with Crippen LogP contribution in [-0.4, -0.2) is 66.0 Å². The number of amides is 2. The number of rotatable bonds is 6. The van der Waals surface area contributed by atoms with Gasteiger partial charge in [0.15, 0.2) is 16.6 Å². The van der Waals surface area contributed by atoms with Gasteiger partial charge in [-0.15, -0.1) is 11.8 Å². The number of aromatic nitrogens is 2. The Morgan fingerprint density at radius 2 is 2.18 bits per heavy atom. The fourth-order valence-electron chi connectivity index (χ4n) is 3.21. The number of carbonyl (C=O) groups is 3. The van der Waals surface area contributed by atoms with E-state index in [4.69, 9.17) is 21.9 Å². The summed E-state index contributed by atoms with van der Waals surface area (Å²) < 4.78 is 4.91. The Balaban J connectivity index is 1.54. The zero-order chi connectivity index (χ0) is 23.9. The van der Waals surface area contributed by atoms with Crippen LogP contribution in [0.2, 0.25) is 4.34 Å². The average Bonchev–Trinajstić information content (AvgIpc) is 3.34. The quantitative estimate of drug-likeness (QED) is 0.155. The summed E-state index contributed by atoms with van der Waals surface area (Å²) in [5.41, 5.74) is 4.46. The van der Waals surface area contributed by atoms with E-state index in [1.165, 1.54) is 30.0 Å². The number of carbonyl (C=O) groups excluding carboxylic acids is 2. The van der Waals surface area contributed by atoms with Gasteiger partial charge < -0.3 is 25.9 Å². The number of thiazole rings is 1. The number of anilines is 1. The number of aliphatic carboxylic acids is 1. The van der Waals surface area contributed by atoms with Gasteiger partial charge in [-0.25, -0.2) is 9.78 Å². The maximum Gasteiger partial charge on any atom is 0.352 e. The summed E-state index contributed by atoms with van der Waals surface area (Å²) >= 11 is 8.04. The van der Waals surface area contributed by atoms with E-state index in [0.29, 0.717) is 5.57 Å². The van der Waals surface area contributed by atoms with Crippen molar-refractivity contribution in [2.75, 3.05) is 11.5 Å². The molecule has 0 saturated carbocycles. The van der Waals surface area contributed by atoms with Crippen molar-refractivity contribution < 1.29 is 29.2 Å². The number of carboxylic acids is 1. The molecule has 0 aliphatic carbocycles. The highest BCUT2D eigenvalue weighted by molar-refractivity contribution is 8.00. The molecule has 13 nitrogen and oxygen atoms in total. The molecule has 2 aromatic heterocycles. The van der Waals surface area contributed by atoms with E-state index in [1.54, 1.807) is 0 Å². The Labute approximate surface area is 196 Å². The molecule has 2 amide bonds. The summed E-state index contributed by atoms with van der Waals surface area (Å²) in [5.74, 6) is -2.56. The highest BCUT2D eigenvalue weighted by Gasteiger charge is 2.54. The monoisotopic (exact) mass is 512 g/mol. The van der Waals surface area contributed by atoms with Crippen LogP contribution in [0.5, 0.6) is 0 Å². The fraction of sp³-hybridized carbons (Fsp3) is 0.176. The first-order valence-corrected chi connectivity index (χ1v) is 11.2. The number of hydrogen-bond donors (Lipinski definition) is 5. The Kier molecular flexibility index (Phi) is 6.01. The van der Waals surface area contributed by atoms with Crippen LogP contribution in [0.25, 0.3) is 6.08 Å². The van der Waals surface area contributed by atoms with Gasteiger partial charge in [0.25, 0.3) is 17.4 Å². The normalized spacial score (nSPS) is 20.7. The average molecular weight is 513 g/mol. The van der Waals surface area contributed by atoms with E-state index < -0.39 is 40.5 Å². The van der Waals surface area contributed by atoms with Gasteiger partial charge in [-0.05, 0) is 11.6 Å². The van der Waals surface area contributed by atoms with E-state index in [1.807, 2.05) is 0 Å². The third kappa shape index (κ3) is 4.12. The molecule has 1 saturated heterocycles. The Bertz CT molecular complexity index is 1310. The summed E-state index contributed by atoms with van der Waals surface area (Å²) in [5, 5.41) is 25.7. The summed E-state index contributed by atoms with van der Waals surface area (Å²) in [6.07, 6.45) is 2.83. The lowest BCUT2D eigenvalue weighted by Gasteiger charge is -2.49. The number of fused-ring (bicyclic) bond motifs is 1. The number of hydrogen-bond acceptors (Lipinski definition) is 11. The second-order valence-corrected chi connectivity index (χ2v) is 9.35. The van der Waals surface area contributed by atoms with Crippen LogP contribution in [0.15, 0.2) is 37.9 Å². The molecule has 2 aromatic rings. The van der Waals surface area contributed by atoms with Gasteiger partial charge in [-0.1, -0.05) is 34.2 Å². The van der Waals surface area contributed by atoms with Crippen LogP contribution >= 0.6 is 34.7 Å². The number of β-lactam (4-membered cyclic amide) rings is 1. The first kappa shape index (κ1) is 22.6. The third-order valence-corrected chi connectivity index (χ3v) is 7.01. The van der Waals surface area contributed by atoms with Crippen molar-refractivity contribution in [2.24, 2.45) is 5.16 Å². The number of allylic oxidation sites excluding steroid dienone is 1. The van der Waals surface area contributed by atoms with Gasteiger partial charge in [0, 0.05) is 5.75 Å². The molecule has 0 spiro atoms. The van der Waals surface area contributed by atoms with Crippen molar-refractivity contribution in [3.8, 4) is 0 Å². The third-order valence-electron chi connectivity index (χ3n) is 4.62. The highest BCUT2D eigenvalue weighted by atomic mass is 35.5. The molecule has 2 aliphatic rings. The maximum atomic E-state index is 12.7. The first-order chi connectivity index (χ1) is 15.7. The van der Waals surface area contributed by atoms with Gasteiger partial charge in [0.2, 0.25) is 0 Å². The molecular formula is C17H13ClN6O7S2. The Morgan fingerprint density at radius 3 is 2.76 bits per heavy atom. The van der Waals surface area contributed by atoms with E-state index in [2.05, 4.69) is 20.6 Å². The van der Waals surface area contributed by atoms with Gasteiger partial charge in [-0.3, -0.25) is 19.3 Å². The molecule has 4 heterocycles. The molecule has 0 bridgehead atoms. The molecule has 33 heavy (non-hydrogen) atoms. The number of nitrogens with zero attached hydrogens (tertiary/aromatic N) is 3. The van der Waals surface area contributed by atoms with E-state index >= 15 is 0 Å². The minimum absolute atomic E-state index is 0.0230. The molecular weight excluding hydrogens is 500 g/mol.